The molecule has 1 aromatic heterocycles. The fourth-order valence-electron chi connectivity index (χ4n) is 1.56. The van der Waals surface area contributed by atoms with Crippen LogP contribution in [0.25, 0.3) is 11.4 Å². The van der Waals surface area contributed by atoms with Crippen molar-refractivity contribution in [1.29, 1.82) is 0 Å². The lowest BCUT2D eigenvalue weighted by atomic mass is 10.2. The number of carbonyl (C=O) groups is 1. The van der Waals surface area contributed by atoms with Gasteiger partial charge in [-0.25, -0.2) is 4.68 Å². The lowest BCUT2D eigenvalue weighted by Gasteiger charge is -2.08. The average Bonchev–Trinajstić information content (AvgIpc) is 2.77. The highest BCUT2D eigenvalue weighted by molar-refractivity contribution is 5.69. The van der Waals surface area contributed by atoms with Crippen LogP contribution in [-0.2, 0) is 11.3 Å². The minimum atomic E-state index is -1.00. The monoisotopic (exact) mass is 248 g/mol. The molecule has 0 atom stereocenters. The molecule has 18 heavy (non-hydrogen) atoms. The standard InChI is InChI=1S/C11H12N4O3/c1-2-18-9-6-4-3-5-8(9)11-12-13-14-15(11)7-10(16)17/h3-6H,2,7H2,1H3,(H,16,17). The van der Waals surface area contributed by atoms with Crippen LogP contribution in [0.1, 0.15) is 6.92 Å². The molecule has 0 radical (unpaired) electrons. The number of hydrogen-bond donors (Lipinski definition) is 1. The van der Waals surface area contributed by atoms with Gasteiger partial charge >= 0.3 is 5.97 Å². The van der Waals surface area contributed by atoms with Crippen LogP contribution >= 0.6 is 0 Å². The molecule has 0 bridgehead atoms. The molecule has 94 valence electrons. The van der Waals surface area contributed by atoms with Gasteiger partial charge in [0.15, 0.2) is 5.82 Å². The maximum Gasteiger partial charge on any atom is 0.325 e. The molecule has 0 saturated heterocycles. The van der Waals surface area contributed by atoms with E-state index in [0.717, 1.165) is 0 Å². The first kappa shape index (κ1) is 12.0. The molecule has 1 aromatic carbocycles. The summed E-state index contributed by atoms with van der Waals surface area (Å²) in [6, 6.07) is 7.23. The third-order valence-corrected chi connectivity index (χ3v) is 2.24. The molecule has 2 rings (SSSR count). The second kappa shape index (κ2) is 5.26. The van der Waals surface area contributed by atoms with Gasteiger partial charge in [-0.2, -0.15) is 0 Å². The van der Waals surface area contributed by atoms with Crippen molar-refractivity contribution in [3.05, 3.63) is 24.3 Å². The van der Waals surface area contributed by atoms with Crippen molar-refractivity contribution in [3.8, 4) is 17.1 Å². The number of aliphatic carboxylic acids is 1. The van der Waals surface area contributed by atoms with Crippen molar-refractivity contribution < 1.29 is 14.6 Å². The molecule has 0 amide bonds. The van der Waals surface area contributed by atoms with Gasteiger partial charge in [0.25, 0.3) is 0 Å². The molecule has 0 aliphatic rings. The molecule has 7 nitrogen and oxygen atoms in total. The Morgan fingerprint density at radius 1 is 1.44 bits per heavy atom. The largest absolute Gasteiger partial charge is 0.493 e. The number of tetrazole rings is 1. The first-order chi connectivity index (χ1) is 8.72. The minimum Gasteiger partial charge on any atom is -0.493 e. The zero-order chi connectivity index (χ0) is 13.0. The number of rotatable bonds is 5. The maximum atomic E-state index is 10.7. The van der Waals surface area contributed by atoms with Crippen LogP contribution in [-0.4, -0.2) is 37.9 Å². The van der Waals surface area contributed by atoms with Crippen LogP contribution in [0.5, 0.6) is 5.75 Å². The SMILES string of the molecule is CCOc1ccccc1-c1nnnn1CC(=O)O. The van der Waals surface area contributed by atoms with E-state index in [1.807, 2.05) is 19.1 Å². The molecule has 0 unspecified atom stereocenters. The Morgan fingerprint density at radius 2 is 2.22 bits per heavy atom. The number of aromatic nitrogens is 4. The molecule has 0 fully saturated rings. The van der Waals surface area contributed by atoms with Gasteiger partial charge in [-0.3, -0.25) is 4.79 Å². The molecular weight excluding hydrogens is 236 g/mol. The molecule has 0 aliphatic carbocycles. The summed E-state index contributed by atoms with van der Waals surface area (Å²) < 4.78 is 6.69. The molecule has 0 aliphatic heterocycles. The van der Waals surface area contributed by atoms with Gasteiger partial charge in [0, 0.05) is 0 Å². The van der Waals surface area contributed by atoms with E-state index in [1.54, 1.807) is 12.1 Å². The number of ether oxygens (including phenoxy) is 1. The first-order valence-corrected chi connectivity index (χ1v) is 5.42. The van der Waals surface area contributed by atoms with Crippen molar-refractivity contribution in [2.45, 2.75) is 13.5 Å². The number of carboxylic acids is 1. The second-order valence-electron chi connectivity index (χ2n) is 3.48. The molecule has 0 saturated carbocycles. The molecule has 7 heteroatoms. The Bertz CT molecular complexity index is 553. The van der Waals surface area contributed by atoms with Gasteiger partial charge in [-0.15, -0.1) is 5.10 Å². The van der Waals surface area contributed by atoms with Crippen LogP contribution in [0.3, 0.4) is 0 Å². The summed E-state index contributed by atoms with van der Waals surface area (Å²) in [5.41, 5.74) is 0.672. The van der Waals surface area contributed by atoms with Crippen LogP contribution < -0.4 is 4.74 Å². The quantitative estimate of drug-likeness (QED) is 0.842. The Hall–Kier alpha value is -2.44. The highest BCUT2D eigenvalue weighted by atomic mass is 16.5. The summed E-state index contributed by atoms with van der Waals surface area (Å²) in [6.45, 7) is 2.09. The van der Waals surface area contributed by atoms with E-state index < -0.39 is 5.97 Å². The molecule has 1 heterocycles. The second-order valence-corrected chi connectivity index (χ2v) is 3.48. The first-order valence-electron chi connectivity index (χ1n) is 5.42. The summed E-state index contributed by atoms with van der Waals surface area (Å²) in [7, 11) is 0. The Balaban J connectivity index is 2.42. The normalized spacial score (nSPS) is 10.3. The fraction of sp³-hybridized carbons (Fsp3) is 0.273. The smallest absolute Gasteiger partial charge is 0.325 e. The highest BCUT2D eigenvalue weighted by Crippen LogP contribution is 2.27. The number of hydrogen-bond acceptors (Lipinski definition) is 5. The Kier molecular flexibility index (Phi) is 3.52. The lowest BCUT2D eigenvalue weighted by molar-refractivity contribution is -0.137. The Morgan fingerprint density at radius 3 is 2.94 bits per heavy atom. The number of carboxylic acid groups (broad SMARTS) is 1. The number of para-hydroxylation sites is 1. The Labute approximate surface area is 103 Å². The molecule has 0 spiro atoms. The van der Waals surface area contributed by atoms with Crippen LogP contribution in [0.2, 0.25) is 0 Å². The summed E-state index contributed by atoms with van der Waals surface area (Å²) in [5, 5.41) is 19.8. The van der Waals surface area contributed by atoms with Crippen LogP contribution in [0, 0.1) is 0 Å². The van der Waals surface area contributed by atoms with Crippen molar-refractivity contribution in [2.24, 2.45) is 0 Å². The fourth-order valence-corrected chi connectivity index (χ4v) is 1.56. The van der Waals surface area contributed by atoms with Gasteiger partial charge in [0.05, 0.1) is 12.2 Å². The third-order valence-electron chi connectivity index (χ3n) is 2.24. The van der Waals surface area contributed by atoms with Gasteiger partial charge in [0.2, 0.25) is 0 Å². The summed E-state index contributed by atoms with van der Waals surface area (Å²) in [4.78, 5) is 10.7. The third kappa shape index (κ3) is 2.45. The number of nitrogens with zero attached hydrogens (tertiary/aromatic N) is 4. The van der Waals surface area contributed by atoms with Gasteiger partial charge < -0.3 is 9.84 Å². The van der Waals surface area contributed by atoms with E-state index in [0.29, 0.717) is 23.7 Å². The predicted molar refractivity (Wildman–Crippen MR) is 62.1 cm³/mol. The van der Waals surface area contributed by atoms with E-state index >= 15 is 0 Å². The summed E-state index contributed by atoms with van der Waals surface area (Å²) >= 11 is 0. The van der Waals surface area contributed by atoms with Gasteiger partial charge in [-0.1, -0.05) is 12.1 Å². The summed E-state index contributed by atoms with van der Waals surface area (Å²) in [6.07, 6.45) is 0. The van der Waals surface area contributed by atoms with E-state index in [2.05, 4.69) is 15.5 Å². The topological polar surface area (TPSA) is 90.1 Å². The average molecular weight is 248 g/mol. The van der Waals surface area contributed by atoms with Gasteiger partial charge in [-0.05, 0) is 29.5 Å². The molecule has 2 aromatic rings. The zero-order valence-electron chi connectivity index (χ0n) is 9.78. The predicted octanol–water partition coefficient (Wildman–Crippen LogP) is 0.823. The minimum absolute atomic E-state index is 0.289. The molecular formula is C11H12N4O3. The van der Waals surface area contributed by atoms with E-state index in [1.165, 1.54) is 4.68 Å². The van der Waals surface area contributed by atoms with Crippen molar-refractivity contribution in [1.82, 2.24) is 20.2 Å². The highest BCUT2D eigenvalue weighted by Gasteiger charge is 2.15. The number of benzene rings is 1. The lowest BCUT2D eigenvalue weighted by Crippen LogP contribution is -2.12. The van der Waals surface area contributed by atoms with E-state index in [4.69, 9.17) is 9.84 Å². The van der Waals surface area contributed by atoms with Crippen molar-refractivity contribution in [2.75, 3.05) is 6.61 Å². The summed E-state index contributed by atoms with van der Waals surface area (Å²) in [5.74, 6) is 0.000305. The van der Waals surface area contributed by atoms with Crippen molar-refractivity contribution >= 4 is 5.97 Å². The zero-order valence-corrected chi connectivity index (χ0v) is 9.78. The van der Waals surface area contributed by atoms with E-state index in [9.17, 15) is 4.79 Å². The maximum absolute atomic E-state index is 10.7. The van der Waals surface area contributed by atoms with Crippen molar-refractivity contribution in [3.63, 3.8) is 0 Å². The van der Waals surface area contributed by atoms with Gasteiger partial charge in [0.1, 0.15) is 12.3 Å². The molecule has 1 N–H and O–H groups in total. The van der Waals surface area contributed by atoms with E-state index in [-0.39, 0.29) is 6.54 Å². The van der Waals surface area contributed by atoms with Crippen LogP contribution in [0.15, 0.2) is 24.3 Å². The van der Waals surface area contributed by atoms with Crippen LogP contribution in [0.4, 0.5) is 0 Å².